The zero-order chi connectivity index (χ0) is 14.3. The fourth-order valence-electron chi connectivity index (χ4n) is 2.40. The Morgan fingerprint density at radius 1 is 1.20 bits per heavy atom. The lowest BCUT2D eigenvalue weighted by atomic mass is 10.0. The summed E-state index contributed by atoms with van der Waals surface area (Å²) in [6.07, 6.45) is 2.72. The van der Waals surface area contributed by atoms with Crippen LogP contribution in [0.1, 0.15) is 28.5 Å². The largest absolute Gasteiger partial charge is 0.459 e. The summed E-state index contributed by atoms with van der Waals surface area (Å²) >= 11 is 0. The van der Waals surface area contributed by atoms with Gasteiger partial charge in [-0.15, -0.1) is 0 Å². The van der Waals surface area contributed by atoms with Crippen molar-refractivity contribution < 1.29 is 8.81 Å². The fraction of sp³-hybridized carbons (Fsp3) is 0.188. The SMILES string of the molecule is Cc1ccc2c(C)c(C(N)c3cncc(F)c3)oc2c1. The van der Waals surface area contributed by atoms with Crippen molar-refractivity contribution in [1.82, 2.24) is 4.98 Å². The van der Waals surface area contributed by atoms with Crippen LogP contribution in [0.5, 0.6) is 0 Å². The molecule has 102 valence electrons. The Hall–Kier alpha value is -2.20. The number of aromatic nitrogens is 1. The van der Waals surface area contributed by atoms with Crippen molar-refractivity contribution in [3.8, 4) is 0 Å². The van der Waals surface area contributed by atoms with Crippen molar-refractivity contribution >= 4 is 11.0 Å². The molecule has 1 atom stereocenters. The first-order chi connectivity index (χ1) is 9.56. The molecule has 1 unspecified atom stereocenters. The number of fused-ring (bicyclic) bond motifs is 1. The summed E-state index contributed by atoms with van der Waals surface area (Å²) in [6.45, 7) is 3.97. The molecule has 0 spiro atoms. The number of benzene rings is 1. The number of hydrogen-bond acceptors (Lipinski definition) is 3. The molecule has 3 rings (SSSR count). The van der Waals surface area contributed by atoms with Crippen molar-refractivity contribution in [2.45, 2.75) is 19.9 Å². The first-order valence-electron chi connectivity index (χ1n) is 6.42. The molecule has 0 saturated heterocycles. The van der Waals surface area contributed by atoms with Gasteiger partial charge in [0.25, 0.3) is 0 Å². The first kappa shape index (κ1) is 12.8. The Bertz CT molecular complexity index is 779. The monoisotopic (exact) mass is 270 g/mol. The summed E-state index contributed by atoms with van der Waals surface area (Å²) in [4.78, 5) is 3.83. The second-order valence-corrected chi connectivity index (χ2v) is 5.01. The molecule has 20 heavy (non-hydrogen) atoms. The van der Waals surface area contributed by atoms with Gasteiger partial charge in [-0.2, -0.15) is 0 Å². The van der Waals surface area contributed by atoms with Gasteiger partial charge in [-0.25, -0.2) is 4.39 Å². The van der Waals surface area contributed by atoms with Crippen LogP contribution in [-0.2, 0) is 0 Å². The van der Waals surface area contributed by atoms with E-state index < -0.39 is 11.9 Å². The minimum atomic E-state index is -0.522. The first-order valence-corrected chi connectivity index (χ1v) is 6.42. The van der Waals surface area contributed by atoms with Gasteiger partial charge >= 0.3 is 0 Å². The molecular formula is C16H15FN2O. The number of pyridine rings is 1. The number of halogens is 1. The van der Waals surface area contributed by atoms with Gasteiger partial charge in [0.15, 0.2) is 0 Å². The summed E-state index contributed by atoms with van der Waals surface area (Å²) in [5.41, 5.74) is 9.70. The van der Waals surface area contributed by atoms with Gasteiger partial charge in [0, 0.05) is 17.1 Å². The molecule has 0 radical (unpaired) electrons. The zero-order valence-corrected chi connectivity index (χ0v) is 11.4. The smallest absolute Gasteiger partial charge is 0.141 e. The van der Waals surface area contributed by atoms with E-state index >= 15 is 0 Å². The predicted octanol–water partition coefficient (Wildman–Crippen LogP) is 3.63. The van der Waals surface area contributed by atoms with Crippen LogP contribution in [0.15, 0.2) is 41.1 Å². The van der Waals surface area contributed by atoms with Gasteiger partial charge in [-0.05, 0) is 37.1 Å². The van der Waals surface area contributed by atoms with Gasteiger partial charge < -0.3 is 10.2 Å². The van der Waals surface area contributed by atoms with E-state index in [1.165, 1.54) is 6.07 Å². The standard InChI is InChI=1S/C16H15FN2O/c1-9-3-4-13-10(2)16(20-14(13)5-9)15(18)11-6-12(17)8-19-7-11/h3-8,15H,18H2,1-2H3. The zero-order valence-electron chi connectivity index (χ0n) is 11.4. The fourth-order valence-corrected chi connectivity index (χ4v) is 2.40. The molecule has 2 heterocycles. The highest BCUT2D eigenvalue weighted by atomic mass is 19.1. The summed E-state index contributed by atoms with van der Waals surface area (Å²) in [5, 5.41) is 1.03. The van der Waals surface area contributed by atoms with E-state index in [1.54, 1.807) is 6.20 Å². The number of hydrogen-bond donors (Lipinski definition) is 1. The van der Waals surface area contributed by atoms with Gasteiger partial charge in [-0.1, -0.05) is 12.1 Å². The normalized spacial score (nSPS) is 12.8. The maximum absolute atomic E-state index is 13.3. The summed E-state index contributed by atoms with van der Waals surface area (Å²) in [7, 11) is 0. The molecule has 3 aromatic rings. The van der Waals surface area contributed by atoms with Crippen LogP contribution in [0.2, 0.25) is 0 Å². The molecule has 1 aromatic carbocycles. The Morgan fingerprint density at radius 3 is 2.75 bits per heavy atom. The second-order valence-electron chi connectivity index (χ2n) is 5.01. The molecule has 2 aromatic heterocycles. The van der Waals surface area contributed by atoms with Crippen molar-refractivity contribution in [1.29, 1.82) is 0 Å². The number of nitrogens with two attached hydrogens (primary N) is 1. The van der Waals surface area contributed by atoms with Gasteiger partial charge in [-0.3, -0.25) is 4.98 Å². The molecule has 3 nitrogen and oxygen atoms in total. The van der Waals surface area contributed by atoms with E-state index in [0.29, 0.717) is 11.3 Å². The maximum Gasteiger partial charge on any atom is 0.141 e. The van der Waals surface area contributed by atoms with Crippen LogP contribution < -0.4 is 5.73 Å². The number of furan rings is 1. The van der Waals surface area contributed by atoms with Crippen molar-refractivity contribution in [2.75, 3.05) is 0 Å². The predicted molar refractivity (Wildman–Crippen MR) is 75.9 cm³/mol. The lowest BCUT2D eigenvalue weighted by Gasteiger charge is -2.09. The van der Waals surface area contributed by atoms with Crippen LogP contribution >= 0.6 is 0 Å². The van der Waals surface area contributed by atoms with E-state index in [4.69, 9.17) is 10.2 Å². The molecule has 0 aliphatic rings. The third-order valence-electron chi connectivity index (χ3n) is 3.50. The van der Waals surface area contributed by atoms with Crippen LogP contribution in [-0.4, -0.2) is 4.98 Å². The summed E-state index contributed by atoms with van der Waals surface area (Å²) in [5.74, 6) is 0.251. The summed E-state index contributed by atoms with van der Waals surface area (Å²) < 4.78 is 19.1. The minimum Gasteiger partial charge on any atom is -0.459 e. The Labute approximate surface area is 116 Å². The average Bonchev–Trinajstić information content (AvgIpc) is 2.74. The topological polar surface area (TPSA) is 52.0 Å². The van der Waals surface area contributed by atoms with E-state index in [-0.39, 0.29) is 0 Å². The highest BCUT2D eigenvalue weighted by molar-refractivity contribution is 5.82. The molecular weight excluding hydrogens is 255 g/mol. The molecule has 0 aliphatic carbocycles. The molecule has 0 aliphatic heterocycles. The average molecular weight is 270 g/mol. The van der Waals surface area contributed by atoms with Crippen molar-refractivity contribution in [2.24, 2.45) is 5.73 Å². The van der Waals surface area contributed by atoms with Gasteiger partial charge in [0.1, 0.15) is 17.2 Å². The molecule has 0 amide bonds. The quantitative estimate of drug-likeness (QED) is 0.773. The highest BCUT2D eigenvalue weighted by Crippen LogP contribution is 2.31. The minimum absolute atomic E-state index is 0.400. The molecule has 2 N–H and O–H groups in total. The molecule has 0 saturated carbocycles. The van der Waals surface area contributed by atoms with Gasteiger partial charge in [0.05, 0.1) is 12.2 Å². The van der Waals surface area contributed by atoms with Crippen LogP contribution in [0.4, 0.5) is 4.39 Å². The Kier molecular flexibility index (Phi) is 3.03. The van der Waals surface area contributed by atoms with Crippen molar-refractivity contribution in [3.63, 3.8) is 0 Å². The van der Waals surface area contributed by atoms with E-state index in [0.717, 1.165) is 28.3 Å². The molecule has 0 fully saturated rings. The van der Waals surface area contributed by atoms with E-state index in [9.17, 15) is 4.39 Å². The second kappa shape index (κ2) is 4.72. The lowest BCUT2D eigenvalue weighted by molar-refractivity contribution is 0.518. The Morgan fingerprint density at radius 2 is 2.00 bits per heavy atom. The number of aryl methyl sites for hydroxylation is 2. The molecule has 0 bridgehead atoms. The lowest BCUT2D eigenvalue weighted by Crippen LogP contribution is -2.12. The Balaban J connectivity index is 2.12. The van der Waals surface area contributed by atoms with E-state index in [2.05, 4.69) is 4.98 Å². The van der Waals surface area contributed by atoms with Crippen LogP contribution in [0, 0.1) is 19.7 Å². The van der Waals surface area contributed by atoms with Gasteiger partial charge in [0.2, 0.25) is 0 Å². The van der Waals surface area contributed by atoms with Crippen molar-refractivity contribution in [3.05, 3.63) is 64.9 Å². The third kappa shape index (κ3) is 2.08. The van der Waals surface area contributed by atoms with E-state index in [1.807, 2.05) is 32.0 Å². The van der Waals surface area contributed by atoms with Crippen LogP contribution in [0.25, 0.3) is 11.0 Å². The summed E-state index contributed by atoms with van der Waals surface area (Å²) in [6, 6.07) is 6.89. The highest BCUT2D eigenvalue weighted by Gasteiger charge is 2.19. The number of rotatable bonds is 2. The number of nitrogens with zero attached hydrogens (tertiary/aromatic N) is 1. The third-order valence-corrected chi connectivity index (χ3v) is 3.50. The molecule has 4 heteroatoms. The maximum atomic E-state index is 13.3. The van der Waals surface area contributed by atoms with Crippen LogP contribution in [0.3, 0.4) is 0 Å².